The SMILES string of the molecule is CC(O)Oc1cccc(-c2ccccc2)c1. The molecule has 0 aliphatic heterocycles. The molecule has 0 fully saturated rings. The van der Waals surface area contributed by atoms with E-state index in [1.54, 1.807) is 6.92 Å². The Kier molecular flexibility index (Phi) is 3.22. The minimum Gasteiger partial charge on any atom is -0.465 e. The highest BCUT2D eigenvalue weighted by Crippen LogP contribution is 2.23. The van der Waals surface area contributed by atoms with Crippen LogP contribution in [-0.2, 0) is 0 Å². The van der Waals surface area contributed by atoms with Crippen molar-refractivity contribution in [3.8, 4) is 16.9 Å². The average Bonchev–Trinajstić information content (AvgIpc) is 2.30. The molecule has 1 N–H and O–H groups in total. The van der Waals surface area contributed by atoms with Gasteiger partial charge in [0.2, 0.25) is 0 Å². The molecule has 0 aliphatic rings. The molecular formula is C14H14O2. The molecule has 0 saturated carbocycles. The van der Waals surface area contributed by atoms with Crippen molar-refractivity contribution in [2.45, 2.75) is 13.2 Å². The third-order valence-corrected chi connectivity index (χ3v) is 2.25. The van der Waals surface area contributed by atoms with Gasteiger partial charge in [0.15, 0.2) is 6.29 Å². The zero-order valence-corrected chi connectivity index (χ0v) is 9.13. The molecule has 0 aromatic heterocycles. The summed E-state index contributed by atoms with van der Waals surface area (Å²) >= 11 is 0. The maximum absolute atomic E-state index is 9.15. The Morgan fingerprint density at radius 3 is 2.31 bits per heavy atom. The molecule has 2 aromatic rings. The molecule has 1 atom stereocenters. The molecule has 0 spiro atoms. The molecule has 0 bridgehead atoms. The number of benzene rings is 2. The van der Waals surface area contributed by atoms with Crippen molar-refractivity contribution < 1.29 is 9.84 Å². The van der Waals surface area contributed by atoms with Gasteiger partial charge in [0.25, 0.3) is 0 Å². The number of hydrogen-bond donors (Lipinski definition) is 1. The Balaban J connectivity index is 2.29. The summed E-state index contributed by atoms with van der Waals surface area (Å²) in [6.07, 6.45) is -0.786. The van der Waals surface area contributed by atoms with Gasteiger partial charge in [-0.3, -0.25) is 0 Å². The standard InChI is InChI=1S/C14H14O2/c1-11(15)16-14-9-5-8-13(10-14)12-6-3-2-4-7-12/h2-11,15H,1H3. The van der Waals surface area contributed by atoms with Crippen LogP contribution in [-0.4, -0.2) is 11.4 Å². The first-order chi connectivity index (χ1) is 7.75. The molecule has 0 amide bonds. The van der Waals surface area contributed by atoms with E-state index in [4.69, 9.17) is 9.84 Å². The smallest absolute Gasteiger partial charge is 0.194 e. The topological polar surface area (TPSA) is 29.5 Å². The Bertz CT molecular complexity index is 449. The maximum atomic E-state index is 9.15. The average molecular weight is 214 g/mol. The fourth-order valence-electron chi connectivity index (χ4n) is 1.58. The summed E-state index contributed by atoms with van der Waals surface area (Å²) in [5.74, 6) is 0.677. The van der Waals surface area contributed by atoms with E-state index in [9.17, 15) is 0 Å². The van der Waals surface area contributed by atoms with Crippen LogP contribution < -0.4 is 4.74 Å². The largest absolute Gasteiger partial charge is 0.465 e. The van der Waals surface area contributed by atoms with Gasteiger partial charge in [0, 0.05) is 0 Å². The van der Waals surface area contributed by atoms with Crippen LogP contribution in [0.3, 0.4) is 0 Å². The molecule has 2 rings (SSSR count). The van der Waals surface area contributed by atoms with Crippen molar-refractivity contribution in [1.82, 2.24) is 0 Å². The van der Waals surface area contributed by atoms with Gasteiger partial charge in [-0.15, -0.1) is 0 Å². The third-order valence-electron chi connectivity index (χ3n) is 2.25. The summed E-state index contributed by atoms with van der Waals surface area (Å²) in [6, 6.07) is 17.8. The Morgan fingerprint density at radius 1 is 0.938 bits per heavy atom. The van der Waals surface area contributed by atoms with Gasteiger partial charge in [0.1, 0.15) is 5.75 Å². The van der Waals surface area contributed by atoms with Crippen LogP contribution in [0.5, 0.6) is 5.75 Å². The number of ether oxygens (including phenoxy) is 1. The van der Waals surface area contributed by atoms with E-state index in [2.05, 4.69) is 0 Å². The highest BCUT2D eigenvalue weighted by molar-refractivity contribution is 5.64. The lowest BCUT2D eigenvalue weighted by Crippen LogP contribution is -2.09. The van der Waals surface area contributed by atoms with Crippen molar-refractivity contribution >= 4 is 0 Å². The van der Waals surface area contributed by atoms with Crippen molar-refractivity contribution in [1.29, 1.82) is 0 Å². The monoisotopic (exact) mass is 214 g/mol. The molecule has 82 valence electrons. The quantitative estimate of drug-likeness (QED) is 0.796. The minimum absolute atomic E-state index is 0.677. The Hall–Kier alpha value is -1.80. The first kappa shape index (κ1) is 10.7. The van der Waals surface area contributed by atoms with Crippen LogP contribution >= 0.6 is 0 Å². The second kappa shape index (κ2) is 4.81. The summed E-state index contributed by atoms with van der Waals surface area (Å²) < 4.78 is 5.23. The molecule has 0 radical (unpaired) electrons. The zero-order chi connectivity index (χ0) is 11.4. The molecule has 0 aliphatic carbocycles. The summed E-state index contributed by atoms with van der Waals surface area (Å²) in [7, 11) is 0. The fraction of sp³-hybridized carbons (Fsp3) is 0.143. The van der Waals surface area contributed by atoms with Gasteiger partial charge < -0.3 is 9.84 Å². The van der Waals surface area contributed by atoms with E-state index in [0.717, 1.165) is 11.1 Å². The first-order valence-electron chi connectivity index (χ1n) is 5.26. The summed E-state index contributed by atoms with van der Waals surface area (Å²) in [4.78, 5) is 0. The molecule has 16 heavy (non-hydrogen) atoms. The fourth-order valence-corrected chi connectivity index (χ4v) is 1.58. The maximum Gasteiger partial charge on any atom is 0.194 e. The van der Waals surface area contributed by atoms with Crippen molar-refractivity contribution in [3.05, 3.63) is 54.6 Å². The van der Waals surface area contributed by atoms with E-state index in [1.807, 2.05) is 54.6 Å². The van der Waals surface area contributed by atoms with Crippen LogP contribution in [0.1, 0.15) is 6.92 Å². The van der Waals surface area contributed by atoms with Gasteiger partial charge in [-0.1, -0.05) is 42.5 Å². The molecule has 2 nitrogen and oxygen atoms in total. The van der Waals surface area contributed by atoms with Gasteiger partial charge in [-0.25, -0.2) is 0 Å². The summed E-state index contributed by atoms with van der Waals surface area (Å²) in [5, 5.41) is 9.15. The molecule has 2 aromatic carbocycles. The molecule has 2 heteroatoms. The van der Waals surface area contributed by atoms with Crippen molar-refractivity contribution in [2.75, 3.05) is 0 Å². The number of rotatable bonds is 3. The van der Waals surface area contributed by atoms with E-state index >= 15 is 0 Å². The highest BCUT2D eigenvalue weighted by Gasteiger charge is 2.01. The highest BCUT2D eigenvalue weighted by atomic mass is 16.6. The second-order valence-electron chi connectivity index (χ2n) is 3.61. The van der Waals surface area contributed by atoms with Crippen LogP contribution in [0.4, 0.5) is 0 Å². The third kappa shape index (κ3) is 2.61. The first-order valence-corrected chi connectivity index (χ1v) is 5.26. The lowest BCUT2D eigenvalue weighted by atomic mass is 10.1. The molecular weight excluding hydrogens is 200 g/mol. The summed E-state index contributed by atoms with van der Waals surface area (Å²) in [5.41, 5.74) is 2.22. The lowest BCUT2D eigenvalue weighted by Gasteiger charge is -2.09. The van der Waals surface area contributed by atoms with Crippen LogP contribution in [0.2, 0.25) is 0 Å². The van der Waals surface area contributed by atoms with Gasteiger partial charge in [-0.2, -0.15) is 0 Å². The zero-order valence-electron chi connectivity index (χ0n) is 9.13. The van der Waals surface area contributed by atoms with Gasteiger partial charge in [-0.05, 0) is 30.2 Å². The summed E-state index contributed by atoms with van der Waals surface area (Å²) in [6.45, 7) is 1.59. The predicted molar refractivity (Wildman–Crippen MR) is 64.2 cm³/mol. The molecule has 1 unspecified atom stereocenters. The number of hydrogen-bond acceptors (Lipinski definition) is 2. The number of aliphatic hydroxyl groups is 1. The van der Waals surface area contributed by atoms with E-state index < -0.39 is 6.29 Å². The van der Waals surface area contributed by atoms with E-state index in [1.165, 1.54) is 0 Å². The lowest BCUT2D eigenvalue weighted by molar-refractivity contribution is -0.000249. The van der Waals surface area contributed by atoms with Gasteiger partial charge >= 0.3 is 0 Å². The minimum atomic E-state index is -0.786. The van der Waals surface area contributed by atoms with E-state index in [-0.39, 0.29) is 0 Å². The van der Waals surface area contributed by atoms with E-state index in [0.29, 0.717) is 5.75 Å². The second-order valence-corrected chi connectivity index (χ2v) is 3.61. The van der Waals surface area contributed by atoms with Crippen LogP contribution in [0, 0.1) is 0 Å². The number of aliphatic hydroxyl groups excluding tert-OH is 1. The molecule has 0 saturated heterocycles. The van der Waals surface area contributed by atoms with Crippen LogP contribution in [0.25, 0.3) is 11.1 Å². The Labute approximate surface area is 95.1 Å². The van der Waals surface area contributed by atoms with Crippen molar-refractivity contribution in [3.63, 3.8) is 0 Å². The van der Waals surface area contributed by atoms with Gasteiger partial charge in [0.05, 0.1) is 0 Å². The normalized spacial score (nSPS) is 12.1. The van der Waals surface area contributed by atoms with Crippen LogP contribution in [0.15, 0.2) is 54.6 Å². The van der Waals surface area contributed by atoms with Crippen molar-refractivity contribution in [2.24, 2.45) is 0 Å². The predicted octanol–water partition coefficient (Wildman–Crippen LogP) is 3.07. The molecule has 0 heterocycles. The Morgan fingerprint density at radius 2 is 1.62 bits per heavy atom.